The van der Waals surface area contributed by atoms with Crippen molar-refractivity contribution in [3.05, 3.63) is 35.0 Å². The lowest BCUT2D eigenvalue weighted by Crippen LogP contribution is -2.41. The Balaban J connectivity index is 1.74. The van der Waals surface area contributed by atoms with Crippen LogP contribution in [-0.4, -0.2) is 32.5 Å². The first-order valence-corrected chi connectivity index (χ1v) is 15.2. The van der Waals surface area contributed by atoms with Crippen LogP contribution in [0, 0.1) is 24.2 Å². The van der Waals surface area contributed by atoms with Crippen molar-refractivity contribution in [2.24, 2.45) is 5.92 Å². The molecule has 0 bridgehead atoms. The fourth-order valence-electron chi connectivity index (χ4n) is 3.57. The standard InChI is InChI=1S/C25H37N3OSSi/c1-18(12-13-29-31(6,7)25(3,4)5)16-28(22-10-11-22)23-14-20(8-9-21(23)15-26)24-19(2)27-17-30-24/h8-9,14,17-18,22H,10-13,16H2,1-7H3. The van der Waals surface area contributed by atoms with E-state index in [2.05, 4.69) is 68.9 Å². The van der Waals surface area contributed by atoms with Crippen LogP contribution in [0.15, 0.2) is 23.7 Å². The Morgan fingerprint density at radius 3 is 2.58 bits per heavy atom. The van der Waals surface area contributed by atoms with Gasteiger partial charge in [0.25, 0.3) is 0 Å². The van der Waals surface area contributed by atoms with Gasteiger partial charge in [0.15, 0.2) is 8.32 Å². The maximum Gasteiger partial charge on any atom is 0.191 e. The van der Waals surface area contributed by atoms with E-state index in [1.165, 1.54) is 17.7 Å². The van der Waals surface area contributed by atoms with Crippen LogP contribution in [0.25, 0.3) is 10.4 Å². The first-order chi connectivity index (χ1) is 14.5. The molecule has 1 unspecified atom stereocenters. The summed E-state index contributed by atoms with van der Waals surface area (Å²) in [5, 5.41) is 10.0. The maximum atomic E-state index is 9.79. The van der Waals surface area contributed by atoms with Crippen molar-refractivity contribution >= 4 is 25.3 Å². The number of rotatable bonds is 9. The highest BCUT2D eigenvalue weighted by molar-refractivity contribution is 7.13. The molecule has 0 spiro atoms. The highest BCUT2D eigenvalue weighted by atomic mass is 32.1. The Morgan fingerprint density at radius 2 is 2.03 bits per heavy atom. The fraction of sp³-hybridized carbons (Fsp3) is 0.600. The molecule has 1 aliphatic carbocycles. The SMILES string of the molecule is Cc1ncsc1-c1ccc(C#N)c(N(CC(C)CCO[Si](C)(C)C(C)(C)C)C2CC2)c1. The van der Waals surface area contributed by atoms with E-state index in [9.17, 15) is 5.26 Å². The highest BCUT2D eigenvalue weighted by Crippen LogP contribution is 2.39. The van der Waals surface area contributed by atoms with Crippen molar-refractivity contribution in [2.45, 2.75) is 78.1 Å². The summed E-state index contributed by atoms with van der Waals surface area (Å²) in [5.41, 5.74) is 5.95. The van der Waals surface area contributed by atoms with E-state index in [4.69, 9.17) is 4.43 Å². The van der Waals surface area contributed by atoms with Crippen LogP contribution in [0.3, 0.4) is 0 Å². The average molecular weight is 456 g/mol. The Kier molecular flexibility index (Phi) is 7.30. The van der Waals surface area contributed by atoms with Gasteiger partial charge >= 0.3 is 0 Å². The molecule has 1 aromatic heterocycles. The van der Waals surface area contributed by atoms with Gasteiger partial charge in [0.1, 0.15) is 6.07 Å². The molecule has 0 aliphatic heterocycles. The van der Waals surface area contributed by atoms with Gasteiger partial charge in [-0.05, 0) is 67.9 Å². The molecule has 0 saturated heterocycles. The summed E-state index contributed by atoms with van der Waals surface area (Å²) in [6, 6.07) is 9.22. The number of aryl methyl sites for hydroxylation is 1. The lowest BCUT2D eigenvalue weighted by Gasteiger charge is -2.36. The number of nitrogens with zero attached hydrogens (tertiary/aromatic N) is 3. The largest absolute Gasteiger partial charge is 0.417 e. The third-order valence-corrected chi connectivity index (χ3v) is 12.3. The zero-order valence-corrected chi connectivity index (χ0v) is 22.0. The quantitative estimate of drug-likeness (QED) is 0.382. The second-order valence-electron chi connectivity index (χ2n) is 10.5. The monoisotopic (exact) mass is 455 g/mol. The number of benzene rings is 1. The van der Waals surface area contributed by atoms with Crippen molar-refractivity contribution in [2.75, 3.05) is 18.1 Å². The number of nitriles is 1. The van der Waals surface area contributed by atoms with Crippen LogP contribution in [0.5, 0.6) is 0 Å². The summed E-state index contributed by atoms with van der Waals surface area (Å²) < 4.78 is 6.42. The van der Waals surface area contributed by atoms with E-state index in [1.807, 2.05) is 18.5 Å². The predicted octanol–water partition coefficient (Wildman–Crippen LogP) is 7.01. The van der Waals surface area contributed by atoms with Crippen molar-refractivity contribution in [3.63, 3.8) is 0 Å². The Labute approximate surface area is 193 Å². The van der Waals surface area contributed by atoms with Gasteiger partial charge < -0.3 is 9.33 Å². The van der Waals surface area contributed by atoms with Crippen LogP contribution in [0.2, 0.25) is 18.1 Å². The third kappa shape index (κ3) is 5.77. The third-order valence-electron chi connectivity index (χ3n) is 6.81. The molecule has 4 nitrogen and oxygen atoms in total. The average Bonchev–Trinajstić information content (AvgIpc) is 3.45. The van der Waals surface area contributed by atoms with Crippen LogP contribution < -0.4 is 4.90 Å². The minimum Gasteiger partial charge on any atom is -0.417 e. The fourth-order valence-corrected chi connectivity index (χ4v) is 5.44. The van der Waals surface area contributed by atoms with Gasteiger partial charge in [-0.25, -0.2) is 4.98 Å². The summed E-state index contributed by atoms with van der Waals surface area (Å²) in [6.07, 6.45) is 3.47. The van der Waals surface area contributed by atoms with Crippen molar-refractivity contribution in [1.29, 1.82) is 5.26 Å². The Hall–Kier alpha value is -1.68. The van der Waals surface area contributed by atoms with E-state index in [1.54, 1.807) is 11.3 Å². The molecule has 3 rings (SSSR count). The summed E-state index contributed by atoms with van der Waals surface area (Å²) in [6.45, 7) is 17.7. The highest BCUT2D eigenvalue weighted by Gasteiger charge is 2.37. The van der Waals surface area contributed by atoms with Crippen LogP contribution in [0.1, 0.15) is 58.2 Å². The molecule has 0 radical (unpaired) electrons. The molecule has 0 amide bonds. The summed E-state index contributed by atoms with van der Waals surface area (Å²) in [5.74, 6) is 0.505. The smallest absolute Gasteiger partial charge is 0.191 e. The van der Waals surface area contributed by atoms with Gasteiger partial charge in [-0.2, -0.15) is 5.26 Å². The van der Waals surface area contributed by atoms with Gasteiger partial charge in [0, 0.05) is 19.2 Å². The van der Waals surface area contributed by atoms with Gasteiger partial charge in [-0.15, -0.1) is 11.3 Å². The molecular formula is C25H37N3OSSi. The van der Waals surface area contributed by atoms with E-state index >= 15 is 0 Å². The zero-order chi connectivity index (χ0) is 22.8. The molecule has 1 atom stereocenters. The Bertz CT molecular complexity index is 937. The second-order valence-corrected chi connectivity index (χ2v) is 16.2. The van der Waals surface area contributed by atoms with Crippen LogP contribution in [0.4, 0.5) is 5.69 Å². The first kappa shape index (κ1) is 24.0. The van der Waals surface area contributed by atoms with Crippen molar-refractivity contribution < 1.29 is 4.43 Å². The second kappa shape index (κ2) is 9.44. The zero-order valence-electron chi connectivity index (χ0n) is 20.2. The minimum atomic E-state index is -1.70. The van der Waals surface area contributed by atoms with Crippen LogP contribution >= 0.6 is 11.3 Å². The number of anilines is 1. The molecule has 168 valence electrons. The molecule has 1 heterocycles. The topological polar surface area (TPSA) is 49.2 Å². The number of hydrogen-bond donors (Lipinski definition) is 0. The van der Waals surface area contributed by atoms with Gasteiger partial charge in [0.05, 0.1) is 27.3 Å². The van der Waals surface area contributed by atoms with Crippen LogP contribution in [-0.2, 0) is 4.43 Å². The normalized spacial score (nSPS) is 15.5. The van der Waals surface area contributed by atoms with Crippen molar-refractivity contribution in [1.82, 2.24) is 4.98 Å². The lowest BCUT2D eigenvalue weighted by molar-refractivity contribution is 0.260. The van der Waals surface area contributed by atoms with E-state index < -0.39 is 8.32 Å². The molecule has 6 heteroatoms. The molecule has 1 fully saturated rings. The van der Waals surface area contributed by atoms with Crippen molar-refractivity contribution in [3.8, 4) is 16.5 Å². The van der Waals surface area contributed by atoms with E-state index in [0.717, 1.165) is 42.1 Å². The van der Waals surface area contributed by atoms with E-state index in [0.29, 0.717) is 12.0 Å². The summed E-state index contributed by atoms with van der Waals surface area (Å²) in [4.78, 5) is 8.08. The maximum absolute atomic E-state index is 9.79. The lowest BCUT2D eigenvalue weighted by atomic mass is 10.0. The summed E-state index contributed by atoms with van der Waals surface area (Å²) in [7, 11) is -1.70. The van der Waals surface area contributed by atoms with E-state index in [-0.39, 0.29) is 5.04 Å². The minimum absolute atomic E-state index is 0.243. The first-order valence-electron chi connectivity index (χ1n) is 11.4. The molecule has 31 heavy (non-hydrogen) atoms. The molecular weight excluding hydrogens is 418 g/mol. The van der Waals surface area contributed by atoms with Gasteiger partial charge in [-0.3, -0.25) is 0 Å². The molecule has 1 aliphatic rings. The van der Waals surface area contributed by atoms with Gasteiger partial charge in [0.2, 0.25) is 0 Å². The summed E-state index contributed by atoms with van der Waals surface area (Å²) >= 11 is 1.66. The predicted molar refractivity (Wildman–Crippen MR) is 134 cm³/mol. The molecule has 1 aromatic carbocycles. The Morgan fingerprint density at radius 1 is 1.32 bits per heavy atom. The molecule has 2 aromatic rings. The molecule has 0 N–H and O–H groups in total. The van der Waals surface area contributed by atoms with Gasteiger partial charge in [-0.1, -0.05) is 33.8 Å². The molecule has 1 saturated carbocycles. The number of thiazole rings is 1. The number of aromatic nitrogens is 1. The number of hydrogen-bond acceptors (Lipinski definition) is 5.